The third kappa shape index (κ3) is 5.74. The molecule has 1 heterocycles. The summed E-state index contributed by atoms with van der Waals surface area (Å²) in [5.74, 6) is -0.346. The van der Waals surface area contributed by atoms with Crippen molar-refractivity contribution in [1.82, 2.24) is 4.98 Å². The van der Waals surface area contributed by atoms with Gasteiger partial charge in [0, 0.05) is 17.4 Å². The predicted octanol–water partition coefficient (Wildman–Crippen LogP) is 5.89. The third-order valence-corrected chi connectivity index (χ3v) is 7.01. The summed E-state index contributed by atoms with van der Waals surface area (Å²) in [6, 6.07) is 23.0. The first kappa shape index (κ1) is 22.9. The molecule has 0 unspecified atom stereocenters. The number of benzene rings is 3. The second-order valence-corrected chi connectivity index (χ2v) is 11.3. The van der Waals surface area contributed by atoms with Crippen molar-refractivity contribution < 1.29 is 13.2 Å². The van der Waals surface area contributed by atoms with Gasteiger partial charge < -0.3 is 0 Å². The van der Waals surface area contributed by atoms with Crippen molar-refractivity contribution in [3.8, 4) is 21.7 Å². The fraction of sp³-hybridized carbons (Fsp3) is 0.154. The van der Waals surface area contributed by atoms with Crippen molar-refractivity contribution in [3.05, 3.63) is 95.1 Å². The van der Waals surface area contributed by atoms with Crippen molar-refractivity contribution in [1.29, 1.82) is 0 Å². The summed E-state index contributed by atoms with van der Waals surface area (Å²) in [5, 5.41) is 3.41. The van der Waals surface area contributed by atoms with E-state index in [4.69, 9.17) is 4.98 Å². The minimum Gasteiger partial charge on any atom is -0.298 e. The summed E-state index contributed by atoms with van der Waals surface area (Å²) in [6.07, 6.45) is 1.19. The summed E-state index contributed by atoms with van der Waals surface area (Å²) < 4.78 is 23.0. The molecule has 33 heavy (non-hydrogen) atoms. The molecule has 4 rings (SSSR count). The molecular weight excluding hydrogens is 452 g/mol. The standard InChI is InChI=1S/C26H24N2O3S2/c1-17-4-10-20(11-5-17)23-24(21-12-6-18(2)7-13-21)32-26(27-23)28-25(29)22-14-8-19(9-15-22)16-33(3,30)31/h4-15H,16H2,1-3H3,(H,27,28,29). The molecule has 4 aromatic rings. The van der Waals surface area contributed by atoms with Crippen molar-refractivity contribution in [3.63, 3.8) is 0 Å². The van der Waals surface area contributed by atoms with Crippen LogP contribution >= 0.6 is 11.3 Å². The topological polar surface area (TPSA) is 76.1 Å². The number of aromatic nitrogens is 1. The lowest BCUT2D eigenvalue weighted by Gasteiger charge is -2.04. The average molecular weight is 477 g/mol. The zero-order valence-corrected chi connectivity index (χ0v) is 20.3. The van der Waals surface area contributed by atoms with Crippen LogP contribution in [0.5, 0.6) is 0 Å². The molecule has 0 radical (unpaired) electrons. The molecule has 0 bridgehead atoms. The molecule has 168 valence electrons. The molecular formula is C26H24N2O3S2. The first-order chi connectivity index (χ1) is 15.7. The minimum absolute atomic E-state index is 0.0544. The molecule has 3 aromatic carbocycles. The smallest absolute Gasteiger partial charge is 0.257 e. The number of carbonyl (C=O) groups excluding carboxylic acids is 1. The van der Waals surface area contributed by atoms with E-state index in [0.29, 0.717) is 16.3 Å². The van der Waals surface area contributed by atoms with Crippen LogP contribution in [0.1, 0.15) is 27.0 Å². The first-order valence-electron chi connectivity index (χ1n) is 10.4. The normalized spacial score (nSPS) is 11.4. The van der Waals surface area contributed by atoms with Gasteiger partial charge in [-0.2, -0.15) is 0 Å². The molecule has 0 aliphatic heterocycles. The van der Waals surface area contributed by atoms with E-state index in [9.17, 15) is 13.2 Å². The molecule has 1 aromatic heterocycles. The van der Waals surface area contributed by atoms with Crippen LogP contribution in [-0.4, -0.2) is 25.6 Å². The van der Waals surface area contributed by atoms with Crippen molar-refractivity contribution >= 4 is 32.2 Å². The highest BCUT2D eigenvalue weighted by Gasteiger charge is 2.17. The average Bonchev–Trinajstić information content (AvgIpc) is 3.18. The summed E-state index contributed by atoms with van der Waals surface area (Å²) in [4.78, 5) is 18.6. The van der Waals surface area contributed by atoms with E-state index in [2.05, 4.69) is 29.6 Å². The monoisotopic (exact) mass is 476 g/mol. The number of carbonyl (C=O) groups is 1. The van der Waals surface area contributed by atoms with Crippen LogP contribution in [-0.2, 0) is 15.6 Å². The Morgan fingerprint density at radius 3 is 1.94 bits per heavy atom. The number of amides is 1. The molecule has 0 atom stereocenters. The Morgan fingerprint density at radius 2 is 1.39 bits per heavy atom. The van der Waals surface area contributed by atoms with E-state index in [1.54, 1.807) is 24.3 Å². The highest BCUT2D eigenvalue weighted by atomic mass is 32.2. The van der Waals surface area contributed by atoms with E-state index in [-0.39, 0.29) is 11.7 Å². The maximum atomic E-state index is 12.8. The molecule has 0 saturated carbocycles. The molecule has 7 heteroatoms. The molecule has 1 amide bonds. The van der Waals surface area contributed by atoms with Crippen LogP contribution in [0, 0.1) is 13.8 Å². The predicted molar refractivity (Wildman–Crippen MR) is 135 cm³/mol. The molecule has 0 aliphatic carbocycles. The van der Waals surface area contributed by atoms with E-state index < -0.39 is 9.84 Å². The molecule has 0 aliphatic rings. The van der Waals surface area contributed by atoms with E-state index >= 15 is 0 Å². The van der Waals surface area contributed by atoms with Crippen LogP contribution in [0.25, 0.3) is 21.7 Å². The largest absolute Gasteiger partial charge is 0.298 e. The van der Waals surface area contributed by atoms with Gasteiger partial charge in [-0.15, -0.1) is 0 Å². The number of nitrogens with one attached hydrogen (secondary N) is 1. The molecule has 0 spiro atoms. The second-order valence-electron chi connectivity index (χ2n) is 8.15. The van der Waals surface area contributed by atoms with E-state index in [0.717, 1.165) is 21.7 Å². The number of hydrogen-bond donors (Lipinski definition) is 1. The Morgan fingerprint density at radius 1 is 0.848 bits per heavy atom. The maximum absolute atomic E-state index is 12.8. The first-order valence-corrected chi connectivity index (χ1v) is 13.3. The molecule has 0 fully saturated rings. The number of aryl methyl sites for hydroxylation is 2. The third-order valence-electron chi connectivity index (χ3n) is 5.13. The lowest BCUT2D eigenvalue weighted by atomic mass is 10.0. The summed E-state index contributed by atoms with van der Waals surface area (Å²) in [5.41, 5.74) is 6.27. The van der Waals surface area contributed by atoms with Gasteiger partial charge >= 0.3 is 0 Å². The number of hydrogen-bond acceptors (Lipinski definition) is 5. The fourth-order valence-electron chi connectivity index (χ4n) is 3.41. The van der Waals surface area contributed by atoms with Crippen LogP contribution in [0.2, 0.25) is 0 Å². The summed E-state index contributed by atoms with van der Waals surface area (Å²) in [7, 11) is -3.13. The van der Waals surface area contributed by atoms with Gasteiger partial charge in [0.2, 0.25) is 0 Å². The Balaban J connectivity index is 1.64. The van der Waals surface area contributed by atoms with Gasteiger partial charge in [-0.05, 0) is 37.1 Å². The molecule has 1 N–H and O–H groups in total. The Kier molecular flexibility index (Phi) is 6.44. The van der Waals surface area contributed by atoms with E-state index in [1.807, 2.05) is 38.1 Å². The minimum atomic E-state index is -3.13. The number of sulfone groups is 1. The number of nitrogens with zero attached hydrogens (tertiary/aromatic N) is 1. The number of thiazole rings is 1. The SMILES string of the molecule is Cc1ccc(-c2nc(NC(=O)c3ccc(CS(C)(=O)=O)cc3)sc2-c2ccc(C)cc2)cc1. The van der Waals surface area contributed by atoms with Crippen LogP contribution in [0.15, 0.2) is 72.8 Å². The van der Waals surface area contributed by atoms with Crippen LogP contribution in [0.3, 0.4) is 0 Å². The van der Waals surface area contributed by atoms with Gasteiger partial charge in [0.15, 0.2) is 15.0 Å². The van der Waals surface area contributed by atoms with Gasteiger partial charge in [-0.25, -0.2) is 13.4 Å². The van der Waals surface area contributed by atoms with Crippen LogP contribution in [0.4, 0.5) is 5.13 Å². The van der Waals surface area contributed by atoms with Gasteiger partial charge in [0.05, 0.1) is 16.3 Å². The van der Waals surface area contributed by atoms with Gasteiger partial charge in [-0.3, -0.25) is 10.1 Å². The van der Waals surface area contributed by atoms with Crippen molar-refractivity contribution in [2.75, 3.05) is 11.6 Å². The van der Waals surface area contributed by atoms with Crippen molar-refractivity contribution in [2.45, 2.75) is 19.6 Å². The Hall–Kier alpha value is -3.29. The Bertz CT molecular complexity index is 1320. The molecule has 0 saturated heterocycles. The zero-order chi connectivity index (χ0) is 23.6. The van der Waals surface area contributed by atoms with Gasteiger partial charge in [0.25, 0.3) is 5.91 Å². The lowest BCUT2D eigenvalue weighted by molar-refractivity contribution is 0.102. The number of rotatable bonds is 6. The summed E-state index contributed by atoms with van der Waals surface area (Å²) in [6.45, 7) is 4.09. The van der Waals surface area contributed by atoms with Crippen LogP contribution < -0.4 is 5.32 Å². The second kappa shape index (κ2) is 9.29. The van der Waals surface area contributed by atoms with Crippen molar-refractivity contribution in [2.24, 2.45) is 0 Å². The summed E-state index contributed by atoms with van der Waals surface area (Å²) >= 11 is 1.43. The quantitative estimate of drug-likeness (QED) is 0.376. The van der Waals surface area contributed by atoms with Gasteiger partial charge in [-0.1, -0.05) is 83.1 Å². The molecule has 5 nitrogen and oxygen atoms in total. The fourth-order valence-corrected chi connectivity index (χ4v) is 5.19. The Labute approximate surface area is 198 Å². The van der Waals surface area contributed by atoms with Gasteiger partial charge in [0.1, 0.15) is 0 Å². The maximum Gasteiger partial charge on any atom is 0.257 e. The number of anilines is 1. The van der Waals surface area contributed by atoms with E-state index in [1.165, 1.54) is 28.7 Å². The highest BCUT2D eigenvalue weighted by Crippen LogP contribution is 2.39. The zero-order valence-electron chi connectivity index (χ0n) is 18.6. The highest BCUT2D eigenvalue weighted by molar-refractivity contribution is 7.89. The lowest BCUT2D eigenvalue weighted by Crippen LogP contribution is -2.11.